The number of hydrogen-bond acceptors (Lipinski definition) is 4. The highest BCUT2D eigenvalue weighted by atomic mass is 16.2. The number of hydrogen-bond donors (Lipinski definition) is 1. The number of carbonyl (C=O) groups excluding carboxylic acids is 3. The van der Waals surface area contributed by atoms with E-state index in [2.05, 4.69) is 16.3 Å². The van der Waals surface area contributed by atoms with Crippen LogP contribution < -0.4 is 10.2 Å². The lowest BCUT2D eigenvalue weighted by atomic mass is 9.84. The zero-order chi connectivity index (χ0) is 20.8. The lowest BCUT2D eigenvalue weighted by Crippen LogP contribution is -2.41. The number of amides is 1. The lowest BCUT2D eigenvalue weighted by molar-refractivity contribution is -0.117. The van der Waals surface area contributed by atoms with Crippen molar-refractivity contribution in [3.63, 3.8) is 0 Å². The van der Waals surface area contributed by atoms with Gasteiger partial charge < -0.3 is 10.2 Å². The Labute approximate surface area is 174 Å². The molecule has 1 atom stereocenters. The second-order valence-corrected chi connectivity index (χ2v) is 7.70. The number of ketones is 2. The van der Waals surface area contributed by atoms with Crippen LogP contribution in [0.4, 0.5) is 11.4 Å². The van der Waals surface area contributed by atoms with Crippen LogP contribution in [0.1, 0.15) is 44.3 Å². The fourth-order valence-corrected chi connectivity index (χ4v) is 4.33. The van der Waals surface area contributed by atoms with E-state index in [1.165, 1.54) is 5.56 Å². The molecule has 5 nitrogen and oxygen atoms in total. The van der Waals surface area contributed by atoms with Gasteiger partial charge in [0.15, 0.2) is 11.6 Å². The van der Waals surface area contributed by atoms with Crippen molar-refractivity contribution in [1.29, 1.82) is 0 Å². The van der Waals surface area contributed by atoms with Gasteiger partial charge in [0, 0.05) is 40.2 Å². The molecular formula is C25H20N2O3. The molecule has 2 aliphatic rings. The Kier molecular flexibility index (Phi) is 4.24. The molecule has 0 spiro atoms. The third-order valence-corrected chi connectivity index (χ3v) is 5.96. The molecule has 1 aliphatic carbocycles. The van der Waals surface area contributed by atoms with Gasteiger partial charge in [-0.3, -0.25) is 14.4 Å². The normalized spacial score (nSPS) is 15.3. The van der Waals surface area contributed by atoms with Crippen LogP contribution in [0, 0.1) is 0 Å². The molecule has 30 heavy (non-hydrogen) atoms. The molecule has 3 aromatic carbocycles. The van der Waals surface area contributed by atoms with Crippen molar-refractivity contribution in [2.24, 2.45) is 0 Å². The third kappa shape index (κ3) is 2.82. The van der Waals surface area contributed by atoms with Crippen molar-refractivity contribution >= 4 is 28.8 Å². The van der Waals surface area contributed by atoms with E-state index in [4.69, 9.17) is 0 Å². The first-order valence-electron chi connectivity index (χ1n) is 10.0. The largest absolute Gasteiger partial charge is 0.359 e. The Morgan fingerprint density at radius 3 is 2.27 bits per heavy atom. The first-order valence-corrected chi connectivity index (χ1v) is 10.0. The average Bonchev–Trinajstić information content (AvgIpc) is 3.21. The molecule has 1 aliphatic heterocycles. The quantitative estimate of drug-likeness (QED) is 0.571. The van der Waals surface area contributed by atoms with Crippen molar-refractivity contribution < 1.29 is 14.4 Å². The first kappa shape index (κ1) is 18.3. The number of para-hydroxylation sites is 1. The average molecular weight is 396 g/mol. The Hall–Kier alpha value is -3.73. The topological polar surface area (TPSA) is 66.5 Å². The van der Waals surface area contributed by atoms with E-state index in [-0.39, 0.29) is 23.5 Å². The van der Waals surface area contributed by atoms with Gasteiger partial charge in [-0.25, -0.2) is 0 Å². The van der Waals surface area contributed by atoms with Gasteiger partial charge in [0.05, 0.1) is 0 Å². The minimum absolute atomic E-state index is 0.151. The van der Waals surface area contributed by atoms with Gasteiger partial charge in [-0.1, -0.05) is 42.5 Å². The molecule has 5 rings (SSSR count). The Balaban J connectivity index is 1.40. The first-order chi connectivity index (χ1) is 14.5. The molecule has 0 aromatic heterocycles. The van der Waals surface area contributed by atoms with E-state index in [0.717, 1.165) is 18.7 Å². The monoisotopic (exact) mass is 396 g/mol. The number of carbonyl (C=O) groups is 3. The van der Waals surface area contributed by atoms with Gasteiger partial charge in [-0.2, -0.15) is 0 Å². The molecule has 1 heterocycles. The predicted octanol–water partition coefficient (Wildman–Crippen LogP) is 3.85. The minimum atomic E-state index is -0.359. The maximum absolute atomic E-state index is 12.9. The van der Waals surface area contributed by atoms with Crippen LogP contribution >= 0.6 is 0 Å². The molecule has 1 N–H and O–H groups in total. The third-order valence-electron chi connectivity index (χ3n) is 5.96. The van der Waals surface area contributed by atoms with Gasteiger partial charge in [-0.05, 0) is 43.2 Å². The minimum Gasteiger partial charge on any atom is -0.359 e. The zero-order valence-electron chi connectivity index (χ0n) is 16.5. The van der Waals surface area contributed by atoms with Gasteiger partial charge in [0.1, 0.15) is 6.04 Å². The number of fused-ring (bicyclic) bond motifs is 3. The fraction of sp³-hybridized carbons (Fsp3) is 0.160. The summed E-state index contributed by atoms with van der Waals surface area (Å²) in [7, 11) is 0. The molecule has 0 unspecified atom stereocenters. The van der Waals surface area contributed by atoms with Gasteiger partial charge in [-0.15, -0.1) is 0 Å². The number of anilines is 2. The zero-order valence-corrected chi connectivity index (χ0v) is 16.5. The van der Waals surface area contributed by atoms with Crippen molar-refractivity contribution in [1.82, 2.24) is 0 Å². The van der Waals surface area contributed by atoms with Crippen molar-refractivity contribution in [2.75, 3.05) is 16.8 Å². The summed E-state index contributed by atoms with van der Waals surface area (Å²) >= 11 is 0. The highest BCUT2D eigenvalue weighted by Gasteiger charge is 2.31. The van der Waals surface area contributed by atoms with Crippen molar-refractivity contribution in [3.05, 3.63) is 94.5 Å². The Morgan fingerprint density at radius 1 is 0.867 bits per heavy atom. The van der Waals surface area contributed by atoms with Gasteiger partial charge >= 0.3 is 0 Å². The van der Waals surface area contributed by atoms with Crippen LogP contribution in [-0.4, -0.2) is 30.1 Å². The van der Waals surface area contributed by atoms with Gasteiger partial charge in [0.2, 0.25) is 5.91 Å². The number of nitrogens with one attached hydrogen (secondary N) is 1. The predicted molar refractivity (Wildman–Crippen MR) is 115 cm³/mol. The van der Waals surface area contributed by atoms with E-state index >= 15 is 0 Å². The summed E-state index contributed by atoms with van der Waals surface area (Å²) in [6.45, 7) is 2.67. The maximum atomic E-state index is 12.9. The second kappa shape index (κ2) is 6.95. The van der Waals surface area contributed by atoms with Crippen LogP contribution in [0.15, 0.2) is 66.7 Å². The summed E-state index contributed by atoms with van der Waals surface area (Å²) in [5.41, 5.74) is 4.37. The molecule has 1 amide bonds. The highest BCUT2D eigenvalue weighted by molar-refractivity contribution is 6.28. The lowest BCUT2D eigenvalue weighted by Gasteiger charge is -2.26. The van der Waals surface area contributed by atoms with Crippen LogP contribution in [0.25, 0.3) is 0 Å². The van der Waals surface area contributed by atoms with Crippen LogP contribution in [-0.2, 0) is 11.2 Å². The summed E-state index contributed by atoms with van der Waals surface area (Å²) in [4.78, 5) is 40.6. The molecule has 0 radical (unpaired) electrons. The van der Waals surface area contributed by atoms with E-state index in [9.17, 15) is 14.4 Å². The standard InChI is InChI=1S/C25H20N2O3/c1-15(27-13-12-16-6-2-5-9-22(16)27)25(30)26-17-10-11-20-21(14-17)24(29)19-8-4-3-7-18(19)23(20)28/h2-11,14-15H,12-13H2,1H3,(H,26,30)/t15-/m0/s1. The Morgan fingerprint density at radius 2 is 1.50 bits per heavy atom. The van der Waals surface area contributed by atoms with E-state index in [0.29, 0.717) is 27.9 Å². The van der Waals surface area contributed by atoms with Crippen LogP contribution in [0.5, 0.6) is 0 Å². The van der Waals surface area contributed by atoms with Crippen LogP contribution in [0.3, 0.4) is 0 Å². The van der Waals surface area contributed by atoms with E-state index < -0.39 is 0 Å². The summed E-state index contributed by atoms with van der Waals surface area (Å²) in [6.07, 6.45) is 0.919. The van der Waals surface area contributed by atoms with E-state index in [1.54, 1.807) is 42.5 Å². The van der Waals surface area contributed by atoms with Crippen molar-refractivity contribution in [2.45, 2.75) is 19.4 Å². The Bertz CT molecular complexity index is 1210. The summed E-state index contributed by atoms with van der Waals surface area (Å²) < 4.78 is 0. The molecule has 3 aromatic rings. The number of benzene rings is 3. The number of rotatable bonds is 3. The van der Waals surface area contributed by atoms with Crippen LogP contribution in [0.2, 0.25) is 0 Å². The maximum Gasteiger partial charge on any atom is 0.246 e. The molecular weight excluding hydrogens is 376 g/mol. The molecule has 5 heteroatoms. The fourth-order valence-electron chi connectivity index (χ4n) is 4.33. The summed E-state index contributed by atoms with van der Waals surface area (Å²) in [6, 6.07) is 19.5. The molecule has 0 fully saturated rings. The smallest absolute Gasteiger partial charge is 0.246 e. The second-order valence-electron chi connectivity index (χ2n) is 7.70. The number of nitrogens with zero attached hydrogens (tertiary/aromatic N) is 1. The molecule has 0 saturated heterocycles. The van der Waals surface area contributed by atoms with Crippen molar-refractivity contribution in [3.8, 4) is 0 Å². The molecule has 148 valence electrons. The summed E-state index contributed by atoms with van der Waals surface area (Å²) in [5.74, 6) is -0.514. The summed E-state index contributed by atoms with van der Waals surface area (Å²) in [5, 5.41) is 2.91. The highest BCUT2D eigenvalue weighted by Crippen LogP contribution is 2.31. The SMILES string of the molecule is C[C@@H](C(=O)Nc1ccc2c(c1)C(=O)c1ccccc1C2=O)N1CCc2ccccc21. The van der Waals surface area contributed by atoms with Gasteiger partial charge in [0.25, 0.3) is 0 Å². The molecule has 0 saturated carbocycles. The molecule has 0 bridgehead atoms. The van der Waals surface area contributed by atoms with E-state index in [1.807, 2.05) is 25.1 Å².